The summed E-state index contributed by atoms with van der Waals surface area (Å²) in [5.74, 6) is 1.19. The first-order valence-corrected chi connectivity index (χ1v) is 10.4. The first kappa shape index (κ1) is 16.4. The molecule has 2 bridgehead atoms. The van der Waals surface area contributed by atoms with Crippen molar-refractivity contribution in [3.63, 3.8) is 0 Å². The summed E-state index contributed by atoms with van der Waals surface area (Å²) in [5, 5.41) is 22.8. The van der Waals surface area contributed by atoms with E-state index in [1.165, 1.54) is 12.8 Å². The molecule has 144 valence electrons. The Hall–Kier alpha value is -1.59. The number of benzene rings is 1. The fraction of sp³-hybridized carbons (Fsp3) is 0.682. The number of ketones is 1. The van der Waals surface area contributed by atoms with Gasteiger partial charge in [-0.25, -0.2) is 0 Å². The molecule has 5 nitrogen and oxygen atoms in total. The molecule has 1 unspecified atom stereocenters. The Morgan fingerprint density at radius 2 is 2.11 bits per heavy atom. The molecule has 2 N–H and O–H groups in total. The average Bonchev–Trinajstić information content (AvgIpc) is 3.34. The molecule has 3 aliphatic carbocycles. The van der Waals surface area contributed by atoms with Crippen molar-refractivity contribution in [3.8, 4) is 11.5 Å². The van der Waals surface area contributed by atoms with Gasteiger partial charge in [-0.2, -0.15) is 0 Å². The van der Waals surface area contributed by atoms with Crippen LogP contribution in [0.1, 0.15) is 43.7 Å². The Morgan fingerprint density at radius 3 is 2.85 bits per heavy atom. The summed E-state index contributed by atoms with van der Waals surface area (Å²) in [6.07, 6.45) is 3.99. The molecule has 5 heteroatoms. The van der Waals surface area contributed by atoms with Gasteiger partial charge in [0.1, 0.15) is 11.6 Å². The van der Waals surface area contributed by atoms with Crippen molar-refractivity contribution in [1.82, 2.24) is 0 Å². The van der Waals surface area contributed by atoms with Crippen molar-refractivity contribution < 1.29 is 24.2 Å². The molecule has 27 heavy (non-hydrogen) atoms. The van der Waals surface area contributed by atoms with E-state index in [1.807, 2.05) is 13.0 Å². The number of piperidine rings is 1. The van der Waals surface area contributed by atoms with Crippen molar-refractivity contribution in [2.24, 2.45) is 11.8 Å². The predicted octanol–water partition coefficient (Wildman–Crippen LogP) is 1.92. The van der Waals surface area contributed by atoms with Crippen LogP contribution in [0.3, 0.4) is 0 Å². The molecule has 1 spiro atoms. The van der Waals surface area contributed by atoms with Crippen LogP contribution in [0.15, 0.2) is 12.1 Å². The molecule has 1 aromatic rings. The van der Waals surface area contributed by atoms with E-state index in [2.05, 4.69) is 7.05 Å². The summed E-state index contributed by atoms with van der Waals surface area (Å²) >= 11 is 0. The van der Waals surface area contributed by atoms with Crippen LogP contribution in [0.4, 0.5) is 0 Å². The summed E-state index contributed by atoms with van der Waals surface area (Å²) in [5.41, 5.74) is 0.440. The van der Waals surface area contributed by atoms with Crippen molar-refractivity contribution in [1.29, 1.82) is 0 Å². The van der Waals surface area contributed by atoms with Gasteiger partial charge < -0.3 is 19.4 Å². The fourth-order valence-electron chi connectivity index (χ4n) is 7.21. The zero-order valence-electron chi connectivity index (χ0n) is 16.1. The third-order valence-corrected chi connectivity index (χ3v) is 8.59. The minimum Gasteiger partial charge on any atom is -0.504 e. The number of aliphatic hydroxyl groups is 1. The Kier molecular flexibility index (Phi) is 2.84. The van der Waals surface area contributed by atoms with Gasteiger partial charge in [0.05, 0.1) is 25.6 Å². The van der Waals surface area contributed by atoms with Gasteiger partial charge in [-0.3, -0.25) is 4.79 Å². The number of hydrogen-bond donors (Lipinski definition) is 2. The van der Waals surface area contributed by atoms with Crippen molar-refractivity contribution in [2.75, 3.05) is 20.1 Å². The third kappa shape index (κ3) is 1.72. The molecule has 0 amide bonds. The zero-order valence-corrected chi connectivity index (χ0v) is 16.1. The Balaban J connectivity index is 1.61. The van der Waals surface area contributed by atoms with E-state index in [9.17, 15) is 15.0 Å². The molecule has 1 aromatic carbocycles. The molecule has 2 heterocycles. The monoisotopic (exact) mass is 370 g/mol. The van der Waals surface area contributed by atoms with Gasteiger partial charge >= 0.3 is 0 Å². The van der Waals surface area contributed by atoms with Crippen LogP contribution < -0.4 is 4.74 Å². The number of nitrogens with zero attached hydrogens (tertiary/aromatic N) is 1. The first-order chi connectivity index (χ1) is 12.8. The molecule has 2 saturated carbocycles. The van der Waals surface area contributed by atoms with Gasteiger partial charge in [0.2, 0.25) is 0 Å². The van der Waals surface area contributed by atoms with E-state index < -0.39 is 17.1 Å². The molecule has 0 radical (unpaired) electrons. The lowest BCUT2D eigenvalue weighted by Crippen LogP contribution is -2.81. The van der Waals surface area contributed by atoms with Gasteiger partial charge in [-0.05, 0) is 30.9 Å². The summed E-state index contributed by atoms with van der Waals surface area (Å²) in [7, 11) is 2.31. The van der Waals surface area contributed by atoms with E-state index >= 15 is 0 Å². The Morgan fingerprint density at radius 1 is 1.33 bits per heavy atom. The summed E-state index contributed by atoms with van der Waals surface area (Å²) in [6, 6.07) is 3.77. The number of hydrogen-bond acceptors (Lipinski definition) is 4. The minimum absolute atomic E-state index is 0.0801. The minimum atomic E-state index is -0.959. The smallest absolute Gasteiger partial charge is 0.177 e. The lowest BCUT2D eigenvalue weighted by molar-refractivity contribution is -0.950. The maximum Gasteiger partial charge on any atom is 0.177 e. The van der Waals surface area contributed by atoms with Crippen LogP contribution in [-0.4, -0.2) is 58.4 Å². The number of phenolic OH excluding ortho intramolecular Hbond substituents is 1. The molecule has 6 atom stereocenters. The molecule has 5 aliphatic rings. The van der Waals surface area contributed by atoms with Crippen molar-refractivity contribution in [3.05, 3.63) is 23.3 Å². The van der Waals surface area contributed by atoms with E-state index in [0.29, 0.717) is 12.2 Å². The molecular weight excluding hydrogens is 342 g/mol. The van der Waals surface area contributed by atoms with E-state index in [-0.39, 0.29) is 23.5 Å². The molecule has 6 rings (SSSR count). The summed E-state index contributed by atoms with van der Waals surface area (Å²) < 4.78 is 7.05. The molecule has 1 saturated heterocycles. The standard InChI is InChI=1S/C22H27NO4/c1-12-10-22(26)16-9-14-5-6-15(24)19-17(14)21(22,20(27-19)18(12)25)7-8-23(16,2)11-13-3-4-13/h5-6,12-13,16,20,26H,3-4,7-11H2,1-2H3/p+1/t12?,16-,20+,21+,22-,23-/m1/s1. The molecule has 0 aromatic heterocycles. The Bertz CT molecular complexity index is 879. The van der Waals surface area contributed by atoms with Crippen molar-refractivity contribution in [2.45, 2.75) is 62.2 Å². The predicted molar refractivity (Wildman–Crippen MR) is 98.7 cm³/mol. The number of likely N-dealkylation sites (tertiary alicyclic amines) is 1. The number of aromatic hydroxyl groups is 1. The summed E-state index contributed by atoms with van der Waals surface area (Å²) in [6.45, 7) is 4.01. The topological polar surface area (TPSA) is 66.8 Å². The largest absolute Gasteiger partial charge is 0.504 e. The second-order valence-corrected chi connectivity index (χ2v) is 10.1. The van der Waals surface area contributed by atoms with Crippen LogP contribution in [-0.2, 0) is 16.6 Å². The fourth-order valence-corrected chi connectivity index (χ4v) is 7.21. The van der Waals surface area contributed by atoms with Crippen LogP contribution in [0.25, 0.3) is 0 Å². The van der Waals surface area contributed by atoms with Crippen LogP contribution >= 0.6 is 0 Å². The number of likely N-dealkylation sites (N-methyl/N-ethyl adjacent to an activating group) is 1. The Labute approximate surface area is 159 Å². The van der Waals surface area contributed by atoms with Gasteiger partial charge in [0, 0.05) is 30.2 Å². The van der Waals surface area contributed by atoms with Crippen LogP contribution in [0.5, 0.6) is 11.5 Å². The number of rotatable bonds is 2. The van der Waals surface area contributed by atoms with Gasteiger partial charge in [-0.15, -0.1) is 0 Å². The van der Waals surface area contributed by atoms with E-state index in [0.717, 1.165) is 47.5 Å². The second-order valence-electron chi connectivity index (χ2n) is 10.1. The maximum absolute atomic E-state index is 13.1. The van der Waals surface area contributed by atoms with Crippen LogP contribution in [0.2, 0.25) is 0 Å². The number of carbonyl (C=O) groups excluding carboxylic acids is 1. The average molecular weight is 370 g/mol. The number of ether oxygens (including phenoxy) is 1. The number of quaternary nitrogens is 1. The number of carbonyl (C=O) groups is 1. The van der Waals surface area contributed by atoms with Gasteiger partial charge in [0.25, 0.3) is 0 Å². The normalized spacial score (nSPS) is 46.8. The lowest BCUT2D eigenvalue weighted by Gasteiger charge is -2.65. The highest BCUT2D eigenvalue weighted by atomic mass is 16.5. The third-order valence-electron chi connectivity index (χ3n) is 8.59. The highest BCUT2D eigenvalue weighted by molar-refractivity contribution is 5.91. The maximum atomic E-state index is 13.1. The lowest BCUT2D eigenvalue weighted by atomic mass is 9.47. The van der Waals surface area contributed by atoms with Crippen molar-refractivity contribution >= 4 is 5.78 Å². The molecular formula is C22H28NO4+. The van der Waals surface area contributed by atoms with Gasteiger partial charge in [0.15, 0.2) is 23.4 Å². The van der Waals surface area contributed by atoms with Gasteiger partial charge in [-0.1, -0.05) is 13.0 Å². The number of phenols is 1. The highest BCUT2D eigenvalue weighted by Gasteiger charge is 2.77. The van der Waals surface area contributed by atoms with E-state index in [4.69, 9.17) is 4.74 Å². The zero-order chi connectivity index (χ0) is 18.8. The molecule has 3 fully saturated rings. The SMILES string of the molecule is CC1C[C@@]2(O)[C@H]3Cc4ccc(O)c5c4[C@@]2(CC[N@+]3(C)CC2CC2)[C@@H](O5)C1=O. The quantitative estimate of drug-likeness (QED) is 0.781. The van der Waals surface area contributed by atoms with Crippen LogP contribution in [0, 0.1) is 11.8 Å². The molecule has 2 aliphatic heterocycles. The second kappa shape index (κ2) is 4.69. The first-order valence-electron chi connectivity index (χ1n) is 10.4. The highest BCUT2D eigenvalue weighted by Crippen LogP contribution is 2.66. The van der Waals surface area contributed by atoms with E-state index in [1.54, 1.807) is 6.07 Å². The summed E-state index contributed by atoms with van der Waals surface area (Å²) in [4.78, 5) is 13.1. The number of Topliss-reactive ketones (excluding diaryl/α,β-unsaturated/α-hetero) is 1.